The molecule has 5 rings (SSSR count). The van der Waals surface area contributed by atoms with Crippen LogP contribution in [0.25, 0.3) is 5.69 Å². The van der Waals surface area contributed by atoms with E-state index in [2.05, 4.69) is 27.4 Å². The zero-order valence-electron chi connectivity index (χ0n) is 18.7. The molecule has 3 aromatic rings. The second-order valence-electron chi connectivity index (χ2n) is 9.00. The molecule has 1 aromatic carbocycles. The number of carbonyl (C=O) groups excluding carboxylic acids is 1. The highest BCUT2D eigenvalue weighted by molar-refractivity contribution is 5.98. The van der Waals surface area contributed by atoms with Crippen LogP contribution >= 0.6 is 0 Å². The van der Waals surface area contributed by atoms with Crippen molar-refractivity contribution in [3.8, 4) is 5.69 Å². The van der Waals surface area contributed by atoms with Crippen LogP contribution in [0.3, 0.4) is 0 Å². The lowest BCUT2D eigenvalue weighted by molar-refractivity contribution is -0.137. The molecule has 2 bridgehead atoms. The van der Waals surface area contributed by atoms with E-state index < -0.39 is 17.3 Å². The van der Waals surface area contributed by atoms with Gasteiger partial charge in [-0.05, 0) is 55.9 Å². The summed E-state index contributed by atoms with van der Waals surface area (Å²) in [5, 5.41) is 11.6. The number of para-hydroxylation sites is 1. The molecule has 178 valence electrons. The van der Waals surface area contributed by atoms with Crippen molar-refractivity contribution in [2.45, 2.75) is 50.4 Å². The second kappa shape index (κ2) is 8.41. The van der Waals surface area contributed by atoms with Gasteiger partial charge >= 0.3 is 6.18 Å². The Labute approximate surface area is 195 Å². The van der Waals surface area contributed by atoms with Gasteiger partial charge in [0, 0.05) is 18.8 Å². The van der Waals surface area contributed by atoms with Gasteiger partial charge in [0.15, 0.2) is 0 Å². The zero-order chi connectivity index (χ0) is 23.9. The molecule has 1 saturated carbocycles. The Morgan fingerprint density at radius 2 is 1.94 bits per heavy atom. The largest absolute Gasteiger partial charge is 0.417 e. The van der Waals surface area contributed by atoms with E-state index >= 15 is 0 Å². The first kappa shape index (κ1) is 22.4. The summed E-state index contributed by atoms with van der Waals surface area (Å²) in [6, 6.07) is 9.73. The van der Waals surface area contributed by atoms with Crippen LogP contribution in [0.2, 0.25) is 0 Å². The second-order valence-corrected chi connectivity index (χ2v) is 9.00. The highest BCUT2D eigenvalue weighted by atomic mass is 19.4. The molecule has 1 saturated heterocycles. The highest BCUT2D eigenvalue weighted by Crippen LogP contribution is 2.52. The fourth-order valence-corrected chi connectivity index (χ4v) is 5.60. The van der Waals surface area contributed by atoms with E-state index in [0.29, 0.717) is 29.5 Å². The van der Waals surface area contributed by atoms with E-state index in [9.17, 15) is 18.0 Å². The molecule has 0 radical (unpaired) electrons. The van der Waals surface area contributed by atoms with Crippen LogP contribution in [0.5, 0.6) is 0 Å². The van der Waals surface area contributed by atoms with Crippen molar-refractivity contribution in [1.29, 1.82) is 0 Å². The quantitative estimate of drug-likeness (QED) is 0.571. The number of alkyl halides is 3. The van der Waals surface area contributed by atoms with Gasteiger partial charge in [-0.3, -0.25) is 4.79 Å². The van der Waals surface area contributed by atoms with Crippen LogP contribution in [0, 0.1) is 5.92 Å². The van der Waals surface area contributed by atoms with Crippen molar-refractivity contribution >= 4 is 11.7 Å². The van der Waals surface area contributed by atoms with Crippen LogP contribution in [0.1, 0.15) is 48.5 Å². The first-order chi connectivity index (χ1) is 16.3. The summed E-state index contributed by atoms with van der Waals surface area (Å²) >= 11 is 0. The van der Waals surface area contributed by atoms with Crippen LogP contribution in [-0.4, -0.2) is 48.9 Å². The first-order valence-corrected chi connectivity index (χ1v) is 11.4. The Morgan fingerprint density at radius 1 is 1.18 bits per heavy atom. The molecule has 3 atom stereocenters. The summed E-state index contributed by atoms with van der Waals surface area (Å²) in [6.07, 6.45) is 3.07. The highest BCUT2D eigenvalue weighted by Gasteiger charge is 2.57. The number of fused-ring (bicyclic) bond motifs is 2. The maximum absolute atomic E-state index is 14.0. The number of hydrogen-bond donors (Lipinski definition) is 1. The minimum Gasteiger partial charge on any atom is -0.368 e. The summed E-state index contributed by atoms with van der Waals surface area (Å²) < 4.78 is 38.6. The van der Waals surface area contributed by atoms with Gasteiger partial charge in [0.2, 0.25) is 0 Å². The number of aromatic nitrogens is 4. The van der Waals surface area contributed by atoms with E-state index in [-0.39, 0.29) is 11.9 Å². The number of anilines is 1. The first-order valence-electron chi connectivity index (χ1n) is 11.4. The fraction of sp³-hybridized carbons (Fsp3) is 0.417. The van der Waals surface area contributed by atoms with E-state index in [0.717, 1.165) is 37.9 Å². The molecule has 2 aromatic heterocycles. The Kier molecular flexibility index (Phi) is 5.53. The van der Waals surface area contributed by atoms with Gasteiger partial charge in [-0.15, -0.1) is 0 Å². The molecule has 1 N–H and O–H groups in total. The summed E-state index contributed by atoms with van der Waals surface area (Å²) in [5.41, 5.74) is -0.0821. The van der Waals surface area contributed by atoms with Gasteiger partial charge in [-0.1, -0.05) is 19.1 Å². The van der Waals surface area contributed by atoms with Crippen molar-refractivity contribution in [3.05, 3.63) is 66.1 Å². The summed E-state index contributed by atoms with van der Waals surface area (Å²) in [6.45, 7) is 2.51. The van der Waals surface area contributed by atoms with Crippen molar-refractivity contribution in [1.82, 2.24) is 24.9 Å². The number of benzene rings is 1. The smallest absolute Gasteiger partial charge is 0.368 e. The number of rotatable bonds is 6. The number of piperidine rings is 1. The molecular weight excluding hydrogens is 445 g/mol. The van der Waals surface area contributed by atoms with Gasteiger partial charge in [0.1, 0.15) is 5.82 Å². The minimum atomic E-state index is -4.43. The number of nitrogens with one attached hydrogen (secondary N) is 1. The monoisotopic (exact) mass is 470 g/mol. The molecule has 1 aliphatic carbocycles. The molecule has 34 heavy (non-hydrogen) atoms. The average molecular weight is 470 g/mol. The standard InChI is InChI=1S/C24H25F3N6O/c1-2-19-16-9-10-23(13-16,15-29-21-8-7-17(14-28-21)24(25,26)27)32(19)22(34)18-5-3-4-6-20(18)33-30-11-12-31-33/h3-8,11-12,14,16,19H,2,9-10,13,15H2,1H3,(H,28,29). The Bertz CT molecular complexity index is 1160. The topological polar surface area (TPSA) is 75.9 Å². The van der Waals surface area contributed by atoms with E-state index in [4.69, 9.17) is 0 Å². The molecule has 3 unspecified atom stereocenters. The summed E-state index contributed by atoms with van der Waals surface area (Å²) in [5.74, 6) is 0.676. The fourth-order valence-electron chi connectivity index (χ4n) is 5.60. The summed E-state index contributed by atoms with van der Waals surface area (Å²) in [4.78, 5) is 21.4. The van der Waals surface area contributed by atoms with E-state index in [1.807, 2.05) is 23.1 Å². The zero-order valence-corrected chi connectivity index (χ0v) is 18.7. The Hall–Kier alpha value is -3.43. The lowest BCUT2D eigenvalue weighted by Gasteiger charge is -2.43. The number of hydrogen-bond acceptors (Lipinski definition) is 5. The Morgan fingerprint density at radius 3 is 2.62 bits per heavy atom. The van der Waals surface area contributed by atoms with Crippen molar-refractivity contribution in [3.63, 3.8) is 0 Å². The molecule has 7 nitrogen and oxygen atoms in total. The lowest BCUT2D eigenvalue weighted by atomic mass is 9.92. The van der Waals surface area contributed by atoms with Crippen LogP contribution < -0.4 is 5.32 Å². The number of halogens is 3. The van der Waals surface area contributed by atoms with Crippen LogP contribution in [-0.2, 0) is 6.18 Å². The molecular formula is C24H25F3N6O. The third-order valence-electron chi connectivity index (χ3n) is 7.10. The van der Waals surface area contributed by atoms with E-state index in [1.165, 1.54) is 10.9 Å². The van der Waals surface area contributed by atoms with Gasteiger partial charge in [-0.2, -0.15) is 28.2 Å². The number of likely N-dealkylation sites (tertiary alicyclic amines) is 1. The van der Waals surface area contributed by atoms with Gasteiger partial charge < -0.3 is 10.2 Å². The van der Waals surface area contributed by atoms with E-state index in [1.54, 1.807) is 18.5 Å². The Balaban J connectivity index is 1.43. The predicted molar refractivity (Wildman–Crippen MR) is 119 cm³/mol. The predicted octanol–water partition coefficient (Wildman–Crippen LogP) is 4.57. The SMILES string of the molecule is CCC1C2CCC(CNc3ccc(C(F)(F)F)cn3)(C2)N1C(=O)c1ccccc1-n1nccn1. The van der Waals surface area contributed by atoms with Crippen molar-refractivity contribution < 1.29 is 18.0 Å². The minimum absolute atomic E-state index is 0.0795. The molecule has 2 fully saturated rings. The third kappa shape index (κ3) is 3.80. The molecule has 1 aliphatic heterocycles. The van der Waals surface area contributed by atoms with Crippen LogP contribution in [0.4, 0.5) is 19.0 Å². The van der Waals surface area contributed by atoms with Gasteiger partial charge in [0.05, 0.1) is 34.7 Å². The van der Waals surface area contributed by atoms with Crippen molar-refractivity contribution in [2.75, 3.05) is 11.9 Å². The molecule has 2 aliphatic rings. The third-order valence-corrected chi connectivity index (χ3v) is 7.10. The van der Waals surface area contributed by atoms with Gasteiger partial charge in [-0.25, -0.2) is 4.98 Å². The van der Waals surface area contributed by atoms with Crippen LogP contribution in [0.15, 0.2) is 55.0 Å². The molecule has 3 heterocycles. The maximum Gasteiger partial charge on any atom is 0.417 e. The summed E-state index contributed by atoms with van der Waals surface area (Å²) in [7, 11) is 0. The average Bonchev–Trinajstić information content (AvgIpc) is 3.58. The number of carbonyl (C=O) groups is 1. The van der Waals surface area contributed by atoms with Crippen molar-refractivity contribution in [2.24, 2.45) is 5.92 Å². The van der Waals surface area contributed by atoms with Gasteiger partial charge in [0.25, 0.3) is 5.91 Å². The normalized spacial score (nSPS) is 23.9. The molecule has 10 heteroatoms. The maximum atomic E-state index is 14.0. The molecule has 0 spiro atoms. The number of amides is 1. The molecule has 1 amide bonds. The number of nitrogens with zero attached hydrogens (tertiary/aromatic N) is 5. The lowest BCUT2D eigenvalue weighted by Crippen LogP contribution is -2.56. The number of pyridine rings is 1.